The molecular weight excluding hydrogens is 412 g/mol. The Bertz CT molecular complexity index is 1070. The van der Waals surface area contributed by atoms with E-state index < -0.39 is 22.0 Å². The molecule has 1 aromatic carbocycles. The minimum atomic E-state index is -3.67. The van der Waals surface area contributed by atoms with Gasteiger partial charge in [0, 0.05) is 23.9 Å². The fraction of sp³-hybridized carbons (Fsp3) is 0.312. The average Bonchev–Trinajstić information content (AvgIpc) is 2.90. The fourth-order valence-corrected chi connectivity index (χ4v) is 3.12. The Kier molecular flexibility index (Phi) is 6.32. The molecule has 2 heterocycles. The van der Waals surface area contributed by atoms with Gasteiger partial charge in [-0.05, 0) is 25.0 Å². The maximum absolute atomic E-state index is 12.3. The number of carbonyl (C=O) groups is 2. The Morgan fingerprint density at radius 1 is 1.36 bits per heavy atom. The van der Waals surface area contributed by atoms with Gasteiger partial charge in [0.2, 0.25) is 0 Å². The molecule has 1 amide bonds. The first-order valence-electron chi connectivity index (χ1n) is 8.06. The minimum absolute atomic E-state index is 0.0905. The van der Waals surface area contributed by atoms with Gasteiger partial charge >= 0.3 is 0 Å². The lowest BCUT2D eigenvalue weighted by atomic mass is 10.0. The smallest absolute Gasteiger partial charge is 0.274 e. The average molecular weight is 431 g/mol. The molecule has 28 heavy (non-hydrogen) atoms. The van der Waals surface area contributed by atoms with Crippen molar-refractivity contribution in [3.63, 3.8) is 0 Å². The Hall–Kier alpha value is -2.63. The second-order valence-electron chi connectivity index (χ2n) is 6.18. The molecule has 6 N–H and O–H groups in total. The first-order valence-corrected chi connectivity index (χ1v) is 10.3. The van der Waals surface area contributed by atoms with E-state index in [0.29, 0.717) is 42.1 Å². The monoisotopic (exact) mass is 430 g/mol. The summed E-state index contributed by atoms with van der Waals surface area (Å²) in [7, 11) is -3.67. The highest BCUT2D eigenvalue weighted by molar-refractivity contribution is 7.85. The molecule has 0 saturated heterocycles. The van der Waals surface area contributed by atoms with Crippen LogP contribution in [0.25, 0.3) is 10.9 Å². The maximum Gasteiger partial charge on any atom is 0.274 e. The molecule has 12 heteroatoms. The Balaban J connectivity index is 0.000000500. The SMILES string of the molecule is CS(=O)(=O)O.N=C(N)NC(=O)c1cc2c(Cl)c(O)cc3c2n1CCCCC3=O. The van der Waals surface area contributed by atoms with Crippen LogP contribution in [0.3, 0.4) is 0 Å². The quantitative estimate of drug-likeness (QED) is 0.258. The van der Waals surface area contributed by atoms with E-state index >= 15 is 0 Å². The number of carbonyl (C=O) groups excluding carboxylic acids is 2. The summed E-state index contributed by atoms with van der Waals surface area (Å²) in [6.45, 7) is 0.533. The number of amides is 1. The predicted molar refractivity (Wildman–Crippen MR) is 104 cm³/mol. The van der Waals surface area contributed by atoms with Gasteiger partial charge in [-0.3, -0.25) is 24.9 Å². The Morgan fingerprint density at radius 2 is 1.96 bits per heavy atom. The molecule has 0 aliphatic carbocycles. The van der Waals surface area contributed by atoms with Crippen molar-refractivity contribution in [3.05, 3.63) is 28.4 Å². The van der Waals surface area contributed by atoms with Gasteiger partial charge in [-0.1, -0.05) is 11.6 Å². The third-order valence-electron chi connectivity index (χ3n) is 3.91. The van der Waals surface area contributed by atoms with Crippen molar-refractivity contribution in [1.82, 2.24) is 9.88 Å². The summed E-state index contributed by atoms with van der Waals surface area (Å²) in [5.41, 5.74) is 6.35. The van der Waals surface area contributed by atoms with Crippen LogP contribution in [0.4, 0.5) is 0 Å². The van der Waals surface area contributed by atoms with Crippen LogP contribution in [0, 0.1) is 5.41 Å². The topological polar surface area (TPSA) is 176 Å². The zero-order valence-corrected chi connectivity index (χ0v) is 16.4. The summed E-state index contributed by atoms with van der Waals surface area (Å²) < 4.78 is 27.6. The van der Waals surface area contributed by atoms with Crippen LogP contribution in [-0.4, -0.2) is 46.5 Å². The van der Waals surface area contributed by atoms with E-state index in [9.17, 15) is 23.1 Å². The van der Waals surface area contributed by atoms with Gasteiger partial charge in [-0.15, -0.1) is 0 Å². The maximum atomic E-state index is 12.3. The van der Waals surface area contributed by atoms with Gasteiger partial charge in [0.15, 0.2) is 11.7 Å². The lowest BCUT2D eigenvalue weighted by molar-refractivity contribution is 0.0957. The van der Waals surface area contributed by atoms with Crippen molar-refractivity contribution in [2.75, 3.05) is 6.26 Å². The molecule has 3 rings (SSSR count). The van der Waals surface area contributed by atoms with Gasteiger partial charge in [-0.2, -0.15) is 8.42 Å². The molecule has 10 nitrogen and oxygen atoms in total. The number of guanidine groups is 1. The van der Waals surface area contributed by atoms with E-state index in [1.165, 1.54) is 12.1 Å². The van der Waals surface area contributed by atoms with Crippen molar-refractivity contribution in [1.29, 1.82) is 5.41 Å². The van der Waals surface area contributed by atoms with Gasteiger partial charge in [0.1, 0.15) is 11.4 Å². The van der Waals surface area contributed by atoms with E-state index in [-0.39, 0.29) is 22.2 Å². The van der Waals surface area contributed by atoms with Crippen molar-refractivity contribution >= 4 is 50.3 Å². The van der Waals surface area contributed by atoms with Crippen LogP contribution in [0.1, 0.15) is 40.1 Å². The van der Waals surface area contributed by atoms with Crippen LogP contribution >= 0.6 is 11.6 Å². The number of hydrogen-bond acceptors (Lipinski definition) is 6. The largest absolute Gasteiger partial charge is 0.506 e. The van der Waals surface area contributed by atoms with Crippen molar-refractivity contribution < 1.29 is 27.7 Å². The van der Waals surface area contributed by atoms with Crippen LogP contribution in [0.15, 0.2) is 12.1 Å². The molecule has 1 aliphatic heterocycles. The van der Waals surface area contributed by atoms with Crippen molar-refractivity contribution in [3.8, 4) is 5.75 Å². The molecule has 0 saturated carbocycles. The minimum Gasteiger partial charge on any atom is -0.506 e. The number of halogens is 1. The van der Waals surface area contributed by atoms with E-state index in [4.69, 9.17) is 27.3 Å². The lowest BCUT2D eigenvalue weighted by Crippen LogP contribution is -2.36. The van der Waals surface area contributed by atoms with Gasteiger partial charge in [-0.25, -0.2) is 0 Å². The summed E-state index contributed by atoms with van der Waals surface area (Å²) in [5.74, 6) is -1.31. The van der Waals surface area contributed by atoms with Crippen molar-refractivity contribution in [2.24, 2.45) is 5.73 Å². The van der Waals surface area contributed by atoms with Crippen molar-refractivity contribution in [2.45, 2.75) is 25.8 Å². The number of Topliss-reactive ketones (excluding diaryl/α,β-unsaturated/α-hetero) is 1. The molecule has 2 aromatic rings. The number of nitrogens with zero attached hydrogens (tertiary/aromatic N) is 1. The van der Waals surface area contributed by atoms with Crippen LogP contribution in [0.5, 0.6) is 5.75 Å². The van der Waals surface area contributed by atoms with E-state index in [0.717, 1.165) is 6.42 Å². The highest BCUT2D eigenvalue weighted by atomic mass is 35.5. The van der Waals surface area contributed by atoms with E-state index in [1.807, 2.05) is 0 Å². The van der Waals surface area contributed by atoms with Gasteiger partial charge < -0.3 is 15.4 Å². The number of benzene rings is 1. The second-order valence-corrected chi connectivity index (χ2v) is 8.03. The molecule has 152 valence electrons. The fourth-order valence-electron chi connectivity index (χ4n) is 2.92. The number of hydrogen-bond donors (Lipinski definition) is 5. The number of phenols is 1. The molecule has 0 fully saturated rings. The molecule has 1 aromatic heterocycles. The summed E-state index contributed by atoms with van der Waals surface area (Å²) in [5, 5.41) is 19.9. The van der Waals surface area contributed by atoms with Crippen LogP contribution in [-0.2, 0) is 16.7 Å². The molecular formula is C16H19ClN4O6S. The number of ketones is 1. The molecule has 0 unspecified atom stereocenters. The Labute approximate surface area is 165 Å². The summed E-state index contributed by atoms with van der Waals surface area (Å²) >= 11 is 6.14. The number of aromatic hydroxyl groups is 1. The molecule has 0 spiro atoms. The first-order chi connectivity index (χ1) is 12.9. The number of nitrogens with two attached hydrogens (primary N) is 1. The zero-order chi connectivity index (χ0) is 21.2. The molecule has 0 radical (unpaired) electrons. The normalized spacial score (nSPS) is 13.9. The van der Waals surface area contributed by atoms with E-state index in [2.05, 4.69) is 5.32 Å². The first kappa shape index (κ1) is 21.7. The highest BCUT2D eigenvalue weighted by Gasteiger charge is 2.25. The Morgan fingerprint density at radius 3 is 2.54 bits per heavy atom. The standard InChI is InChI=1S/C15H15ClN4O3.CH4O3S/c16-12-8-5-9(14(23)19-15(17)18)20-4-2-1-3-10(21)7(13(8)20)6-11(12)22;1-5(2,3)4/h5-6,22H,1-4H2,(H4,17,18,19,23);1H3,(H,2,3,4). The van der Waals surface area contributed by atoms with Crippen LogP contribution in [0.2, 0.25) is 5.02 Å². The second kappa shape index (κ2) is 8.17. The predicted octanol–water partition coefficient (Wildman–Crippen LogP) is 1.49. The summed E-state index contributed by atoms with van der Waals surface area (Å²) in [4.78, 5) is 24.6. The molecule has 0 atom stereocenters. The molecule has 1 aliphatic rings. The van der Waals surface area contributed by atoms with Gasteiger partial charge in [0.05, 0.1) is 16.8 Å². The van der Waals surface area contributed by atoms with E-state index in [1.54, 1.807) is 4.57 Å². The number of phenolic OH excluding ortho intramolecular Hbond substituents is 1. The number of rotatable bonds is 1. The van der Waals surface area contributed by atoms with Crippen LogP contribution < -0.4 is 11.1 Å². The third-order valence-corrected chi connectivity index (χ3v) is 4.31. The number of aromatic nitrogens is 1. The summed E-state index contributed by atoms with van der Waals surface area (Å²) in [6.07, 6.45) is 2.52. The molecule has 0 bridgehead atoms. The number of aryl methyl sites for hydroxylation is 1. The zero-order valence-electron chi connectivity index (χ0n) is 14.8. The highest BCUT2D eigenvalue weighted by Crippen LogP contribution is 2.38. The lowest BCUT2D eigenvalue weighted by Gasteiger charge is -2.16. The van der Waals surface area contributed by atoms with Gasteiger partial charge in [0.25, 0.3) is 16.0 Å². The third kappa shape index (κ3) is 5.00. The number of nitrogens with one attached hydrogen (secondary N) is 2. The summed E-state index contributed by atoms with van der Waals surface area (Å²) in [6, 6.07) is 2.86.